The molecule has 1 aliphatic heterocycles. The molecule has 62 valence electrons. The van der Waals surface area contributed by atoms with E-state index in [1.165, 1.54) is 0 Å². The van der Waals surface area contributed by atoms with Gasteiger partial charge < -0.3 is 9.53 Å². The van der Waals surface area contributed by atoms with Gasteiger partial charge in [-0.1, -0.05) is 0 Å². The molecule has 0 aromatic rings. The molecule has 0 bridgehead atoms. The van der Waals surface area contributed by atoms with Gasteiger partial charge in [0.25, 0.3) is 0 Å². The number of aldehydes is 1. The van der Waals surface area contributed by atoms with Gasteiger partial charge in [0.2, 0.25) is 0 Å². The van der Waals surface area contributed by atoms with Crippen LogP contribution in [0.2, 0.25) is 0 Å². The summed E-state index contributed by atoms with van der Waals surface area (Å²) in [5.41, 5.74) is 0. The maximum Gasteiger partial charge on any atom is 0.323 e. The summed E-state index contributed by atoms with van der Waals surface area (Å²) in [6.45, 7) is 2.17. The molecule has 1 aliphatic rings. The molecule has 0 spiro atoms. The number of cyclic esters (lactones) is 1. The molecule has 1 rings (SSSR count). The van der Waals surface area contributed by atoms with Crippen LogP contribution < -0.4 is 5.32 Å². The van der Waals surface area contributed by atoms with Crippen molar-refractivity contribution in [1.82, 2.24) is 5.32 Å². The minimum absolute atomic E-state index is 0.251. The number of ether oxygens (including phenoxy) is 1. The molecule has 1 N–H and O–H groups in total. The summed E-state index contributed by atoms with van der Waals surface area (Å²) in [6.07, 6.45) is 1.43. The van der Waals surface area contributed by atoms with Gasteiger partial charge in [0, 0.05) is 6.42 Å². The number of esters is 1. The summed E-state index contributed by atoms with van der Waals surface area (Å²) in [6, 6.07) is -0.555. The van der Waals surface area contributed by atoms with Gasteiger partial charge >= 0.3 is 5.97 Å². The summed E-state index contributed by atoms with van der Waals surface area (Å²) in [5, 5.41) is 2.84. The van der Waals surface area contributed by atoms with E-state index in [4.69, 9.17) is 4.74 Å². The molecule has 2 unspecified atom stereocenters. The Hall–Kier alpha value is -0.900. The molecule has 0 saturated carbocycles. The molecule has 4 nitrogen and oxygen atoms in total. The predicted molar refractivity (Wildman–Crippen MR) is 38.0 cm³/mol. The fourth-order valence-electron chi connectivity index (χ4n) is 1.00. The van der Waals surface area contributed by atoms with Crippen LogP contribution in [-0.2, 0) is 14.3 Å². The second kappa shape index (κ2) is 3.48. The van der Waals surface area contributed by atoms with E-state index in [0.29, 0.717) is 13.0 Å². The Labute approximate surface area is 64.9 Å². The van der Waals surface area contributed by atoms with E-state index in [0.717, 1.165) is 6.29 Å². The molecular weight excluding hydrogens is 146 g/mol. The first-order valence-corrected chi connectivity index (χ1v) is 3.62. The maximum absolute atomic E-state index is 10.8. The van der Waals surface area contributed by atoms with Gasteiger partial charge in [-0.2, -0.15) is 0 Å². The third-order valence-electron chi connectivity index (χ3n) is 1.60. The van der Waals surface area contributed by atoms with E-state index >= 15 is 0 Å². The summed E-state index contributed by atoms with van der Waals surface area (Å²) in [4.78, 5) is 21.0. The van der Waals surface area contributed by atoms with E-state index in [-0.39, 0.29) is 18.1 Å². The normalized spacial score (nSPS) is 26.3. The van der Waals surface area contributed by atoms with Crippen molar-refractivity contribution in [2.24, 2.45) is 0 Å². The standard InChI is InChI=1S/C7H11NO3/c1-5(4-9)8-6-2-3-11-7(6)10/h4-6,8H,2-3H2,1H3. The van der Waals surface area contributed by atoms with Gasteiger partial charge in [0.05, 0.1) is 12.6 Å². The highest BCUT2D eigenvalue weighted by Gasteiger charge is 2.26. The van der Waals surface area contributed by atoms with Gasteiger partial charge in [-0.25, -0.2) is 0 Å². The number of hydrogen-bond donors (Lipinski definition) is 1. The monoisotopic (exact) mass is 157 g/mol. The lowest BCUT2D eigenvalue weighted by Gasteiger charge is -2.09. The quantitative estimate of drug-likeness (QED) is 0.442. The van der Waals surface area contributed by atoms with E-state index in [1.54, 1.807) is 6.92 Å². The first-order valence-electron chi connectivity index (χ1n) is 3.62. The van der Waals surface area contributed by atoms with Crippen molar-refractivity contribution >= 4 is 12.3 Å². The van der Waals surface area contributed by atoms with Crippen molar-refractivity contribution in [3.05, 3.63) is 0 Å². The van der Waals surface area contributed by atoms with Crippen LogP contribution in [0.15, 0.2) is 0 Å². The lowest BCUT2D eigenvalue weighted by atomic mass is 10.2. The van der Waals surface area contributed by atoms with Crippen molar-refractivity contribution in [2.45, 2.75) is 25.4 Å². The SMILES string of the molecule is CC(C=O)NC1CCOC1=O. The lowest BCUT2D eigenvalue weighted by molar-refractivity contribution is -0.139. The van der Waals surface area contributed by atoms with Crippen LogP contribution in [0, 0.1) is 0 Å². The number of hydrogen-bond acceptors (Lipinski definition) is 4. The lowest BCUT2D eigenvalue weighted by Crippen LogP contribution is -2.40. The van der Waals surface area contributed by atoms with Crippen LogP contribution >= 0.6 is 0 Å². The summed E-state index contributed by atoms with van der Waals surface area (Å²) in [7, 11) is 0. The first kappa shape index (κ1) is 8.20. The highest BCUT2D eigenvalue weighted by atomic mass is 16.5. The Morgan fingerprint density at radius 3 is 3.00 bits per heavy atom. The smallest absolute Gasteiger partial charge is 0.323 e. The zero-order valence-corrected chi connectivity index (χ0v) is 6.37. The molecular formula is C7H11NO3. The fourth-order valence-corrected chi connectivity index (χ4v) is 1.00. The molecule has 1 saturated heterocycles. The highest BCUT2D eigenvalue weighted by molar-refractivity contribution is 5.78. The zero-order valence-electron chi connectivity index (χ0n) is 6.37. The third kappa shape index (κ3) is 2.01. The molecule has 0 radical (unpaired) electrons. The van der Waals surface area contributed by atoms with Crippen molar-refractivity contribution in [1.29, 1.82) is 0 Å². The fraction of sp³-hybridized carbons (Fsp3) is 0.714. The van der Waals surface area contributed by atoms with E-state index < -0.39 is 0 Å². The van der Waals surface area contributed by atoms with Crippen molar-refractivity contribution in [3.63, 3.8) is 0 Å². The molecule has 4 heteroatoms. The number of nitrogens with one attached hydrogen (secondary N) is 1. The second-order valence-corrected chi connectivity index (χ2v) is 2.60. The molecule has 0 aliphatic carbocycles. The maximum atomic E-state index is 10.8. The zero-order chi connectivity index (χ0) is 8.27. The van der Waals surface area contributed by atoms with Crippen LogP contribution in [0.4, 0.5) is 0 Å². The molecule has 0 amide bonds. The Balaban J connectivity index is 2.36. The Morgan fingerprint density at radius 2 is 2.55 bits per heavy atom. The minimum atomic E-state index is -0.282. The first-order chi connectivity index (χ1) is 5.24. The molecule has 0 aromatic carbocycles. The van der Waals surface area contributed by atoms with E-state index in [9.17, 15) is 9.59 Å². The van der Waals surface area contributed by atoms with Gasteiger partial charge in [-0.05, 0) is 6.92 Å². The number of rotatable bonds is 3. The summed E-state index contributed by atoms with van der Waals surface area (Å²) in [5.74, 6) is -0.251. The third-order valence-corrected chi connectivity index (χ3v) is 1.60. The minimum Gasteiger partial charge on any atom is -0.464 e. The van der Waals surface area contributed by atoms with Gasteiger partial charge in [-0.3, -0.25) is 10.1 Å². The summed E-state index contributed by atoms with van der Waals surface area (Å²) < 4.78 is 4.69. The van der Waals surface area contributed by atoms with Gasteiger partial charge in [0.1, 0.15) is 12.3 Å². The average Bonchev–Trinajstić information content (AvgIpc) is 2.37. The number of carbonyl (C=O) groups excluding carboxylic acids is 2. The van der Waals surface area contributed by atoms with Crippen LogP contribution in [0.1, 0.15) is 13.3 Å². The largest absolute Gasteiger partial charge is 0.464 e. The van der Waals surface area contributed by atoms with Crippen LogP contribution in [0.5, 0.6) is 0 Å². The second-order valence-electron chi connectivity index (χ2n) is 2.60. The Morgan fingerprint density at radius 1 is 1.82 bits per heavy atom. The van der Waals surface area contributed by atoms with Crippen molar-refractivity contribution < 1.29 is 14.3 Å². The van der Waals surface area contributed by atoms with E-state index in [2.05, 4.69) is 5.32 Å². The molecule has 0 aromatic heterocycles. The van der Waals surface area contributed by atoms with Crippen LogP contribution in [0.3, 0.4) is 0 Å². The molecule has 11 heavy (non-hydrogen) atoms. The van der Waals surface area contributed by atoms with Crippen LogP contribution in [-0.4, -0.2) is 30.9 Å². The molecule has 1 heterocycles. The van der Waals surface area contributed by atoms with Gasteiger partial charge in [-0.15, -0.1) is 0 Å². The Bertz CT molecular complexity index is 169. The van der Waals surface area contributed by atoms with Gasteiger partial charge in [0.15, 0.2) is 0 Å². The Kier molecular flexibility index (Phi) is 2.59. The average molecular weight is 157 g/mol. The van der Waals surface area contributed by atoms with E-state index in [1.807, 2.05) is 0 Å². The van der Waals surface area contributed by atoms with Crippen LogP contribution in [0.25, 0.3) is 0 Å². The molecule has 2 atom stereocenters. The highest BCUT2D eigenvalue weighted by Crippen LogP contribution is 2.05. The van der Waals surface area contributed by atoms with Crippen molar-refractivity contribution in [2.75, 3.05) is 6.61 Å². The molecule has 1 fully saturated rings. The topological polar surface area (TPSA) is 55.4 Å². The summed E-state index contributed by atoms with van der Waals surface area (Å²) >= 11 is 0. The van der Waals surface area contributed by atoms with Crippen molar-refractivity contribution in [3.8, 4) is 0 Å². The number of carbonyl (C=O) groups is 2. The predicted octanol–water partition coefficient (Wildman–Crippen LogP) is -0.521.